The molecule has 4 rings (SSSR count). The highest BCUT2D eigenvalue weighted by atomic mass is 35.5. The van der Waals surface area contributed by atoms with Gasteiger partial charge in [0.1, 0.15) is 5.58 Å². The molecule has 0 radical (unpaired) electrons. The Balaban J connectivity index is 1.67. The predicted molar refractivity (Wildman–Crippen MR) is 127 cm³/mol. The molecule has 8 heteroatoms. The minimum Gasteiger partial charge on any atom is -0.464 e. The summed E-state index contributed by atoms with van der Waals surface area (Å²) in [7, 11) is -3.77. The topological polar surface area (TPSA) is 62.6 Å². The highest BCUT2D eigenvalue weighted by Crippen LogP contribution is 2.31. The van der Waals surface area contributed by atoms with Crippen LogP contribution >= 0.6 is 22.9 Å². The van der Waals surface area contributed by atoms with E-state index < -0.39 is 10.0 Å². The number of fused-ring (bicyclic) bond motifs is 1. The first kappa shape index (κ1) is 21.9. The predicted octanol–water partition coefficient (Wildman–Crippen LogP) is 5.96. The zero-order valence-corrected chi connectivity index (χ0v) is 19.7. The molecule has 0 aliphatic carbocycles. The summed E-state index contributed by atoms with van der Waals surface area (Å²) in [6.45, 7) is 5.23. The summed E-state index contributed by atoms with van der Waals surface area (Å²) in [5.41, 5.74) is 3.02. The van der Waals surface area contributed by atoms with Crippen molar-refractivity contribution in [3.8, 4) is 0 Å². The molecule has 4 aromatic rings. The molecule has 2 aromatic heterocycles. The van der Waals surface area contributed by atoms with Crippen LogP contribution in [0.4, 0.5) is 5.69 Å². The average molecular weight is 475 g/mol. The standard InChI is InChI=1S/C23H23ClN2O3S2/c1-3-26(31(27,28)20-7-9-23-21(12-20)16(2)15-29-23)22-8-6-18(24)11-17(22)13-25-14-19-5-4-10-30-19/h4-12,15,25H,3,13-14H2,1-2H3. The number of benzene rings is 2. The second-order valence-corrected chi connectivity index (χ2v) is 10.5. The van der Waals surface area contributed by atoms with Gasteiger partial charge in [-0.3, -0.25) is 4.31 Å². The number of aryl methyl sites for hydroxylation is 1. The van der Waals surface area contributed by atoms with Gasteiger partial charge < -0.3 is 9.73 Å². The SMILES string of the molecule is CCN(c1ccc(Cl)cc1CNCc1cccs1)S(=O)(=O)c1ccc2occ(C)c2c1. The molecule has 1 N–H and O–H groups in total. The number of hydrogen-bond donors (Lipinski definition) is 1. The fourth-order valence-electron chi connectivity index (χ4n) is 3.57. The maximum Gasteiger partial charge on any atom is 0.264 e. The molecular weight excluding hydrogens is 452 g/mol. The van der Waals surface area contributed by atoms with Crippen molar-refractivity contribution in [1.82, 2.24) is 5.32 Å². The number of anilines is 1. The summed E-state index contributed by atoms with van der Waals surface area (Å²) in [5.74, 6) is 0. The Hall–Kier alpha value is -2.32. The molecule has 0 saturated heterocycles. The fraction of sp³-hybridized carbons (Fsp3) is 0.217. The molecule has 2 aromatic carbocycles. The Morgan fingerprint density at radius 2 is 1.97 bits per heavy atom. The van der Waals surface area contributed by atoms with Gasteiger partial charge >= 0.3 is 0 Å². The van der Waals surface area contributed by atoms with Crippen molar-refractivity contribution < 1.29 is 12.8 Å². The number of sulfonamides is 1. The molecule has 0 fully saturated rings. The van der Waals surface area contributed by atoms with E-state index in [-0.39, 0.29) is 4.90 Å². The van der Waals surface area contributed by atoms with Gasteiger partial charge in [-0.1, -0.05) is 17.7 Å². The van der Waals surface area contributed by atoms with Gasteiger partial charge in [-0.2, -0.15) is 0 Å². The molecule has 0 saturated carbocycles. The minimum atomic E-state index is -3.77. The maximum absolute atomic E-state index is 13.6. The zero-order valence-electron chi connectivity index (χ0n) is 17.3. The Bertz CT molecular complexity index is 1300. The van der Waals surface area contributed by atoms with Crippen LogP contribution in [0.5, 0.6) is 0 Å². The molecule has 2 heterocycles. The van der Waals surface area contributed by atoms with E-state index in [2.05, 4.69) is 11.4 Å². The summed E-state index contributed by atoms with van der Waals surface area (Å²) in [4.78, 5) is 1.45. The lowest BCUT2D eigenvalue weighted by molar-refractivity contribution is 0.591. The Labute approximate surface area is 191 Å². The highest BCUT2D eigenvalue weighted by molar-refractivity contribution is 7.92. The molecule has 0 amide bonds. The van der Waals surface area contributed by atoms with Crippen molar-refractivity contribution in [2.75, 3.05) is 10.8 Å². The van der Waals surface area contributed by atoms with Gasteiger partial charge in [0.25, 0.3) is 10.0 Å². The molecule has 0 aliphatic heterocycles. The number of hydrogen-bond acceptors (Lipinski definition) is 5. The van der Waals surface area contributed by atoms with Crippen molar-refractivity contribution in [3.63, 3.8) is 0 Å². The van der Waals surface area contributed by atoms with Crippen molar-refractivity contribution in [3.05, 3.63) is 81.2 Å². The smallest absolute Gasteiger partial charge is 0.264 e. The van der Waals surface area contributed by atoms with Crippen LogP contribution in [0.3, 0.4) is 0 Å². The highest BCUT2D eigenvalue weighted by Gasteiger charge is 2.26. The third kappa shape index (κ3) is 4.50. The minimum absolute atomic E-state index is 0.235. The van der Waals surface area contributed by atoms with Crippen LogP contribution in [0.25, 0.3) is 11.0 Å². The lowest BCUT2D eigenvalue weighted by atomic mass is 10.1. The number of furan rings is 1. The van der Waals surface area contributed by atoms with Gasteiger partial charge in [-0.15, -0.1) is 11.3 Å². The number of rotatable bonds is 8. The molecule has 0 aliphatic rings. The van der Waals surface area contributed by atoms with Crippen LogP contribution in [-0.2, 0) is 23.1 Å². The van der Waals surface area contributed by atoms with E-state index in [0.29, 0.717) is 35.9 Å². The van der Waals surface area contributed by atoms with Gasteiger partial charge in [0, 0.05) is 34.9 Å². The number of halogens is 1. The quantitative estimate of drug-likeness (QED) is 0.342. The normalized spacial score (nSPS) is 11.8. The van der Waals surface area contributed by atoms with Crippen LogP contribution in [0.2, 0.25) is 5.02 Å². The summed E-state index contributed by atoms with van der Waals surface area (Å²) >= 11 is 7.92. The van der Waals surface area contributed by atoms with E-state index in [4.69, 9.17) is 16.0 Å². The second kappa shape index (κ2) is 9.04. The van der Waals surface area contributed by atoms with E-state index in [9.17, 15) is 8.42 Å². The average Bonchev–Trinajstić information content (AvgIpc) is 3.40. The maximum atomic E-state index is 13.6. The molecule has 0 unspecified atom stereocenters. The van der Waals surface area contributed by atoms with E-state index in [1.165, 1.54) is 9.18 Å². The van der Waals surface area contributed by atoms with Crippen molar-refractivity contribution in [1.29, 1.82) is 0 Å². The third-order valence-electron chi connectivity index (χ3n) is 5.12. The van der Waals surface area contributed by atoms with Gasteiger partial charge in [0.15, 0.2) is 0 Å². The summed E-state index contributed by atoms with van der Waals surface area (Å²) in [6, 6.07) is 14.4. The summed E-state index contributed by atoms with van der Waals surface area (Å²) in [5, 5.41) is 6.79. The van der Waals surface area contributed by atoms with Gasteiger partial charge in [-0.25, -0.2) is 8.42 Å². The lowest BCUT2D eigenvalue weighted by Crippen LogP contribution is -2.32. The van der Waals surface area contributed by atoms with Crippen molar-refractivity contribution in [2.24, 2.45) is 0 Å². The first-order chi connectivity index (χ1) is 14.9. The van der Waals surface area contributed by atoms with Crippen LogP contribution in [0.15, 0.2) is 69.5 Å². The van der Waals surface area contributed by atoms with Gasteiger partial charge in [0.2, 0.25) is 0 Å². The molecule has 0 bridgehead atoms. The van der Waals surface area contributed by atoms with Crippen LogP contribution in [0, 0.1) is 6.92 Å². The first-order valence-corrected chi connectivity index (χ1v) is 12.6. The van der Waals surface area contributed by atoms with Crippen LogP contribution in [-0.4, -0.2) is 15.0 Å². The Morgan fingerprint density at radius 3 is 2.71 bits per heavy atom. The Morgan fingerprint density at radius 1 is 1.13 bits per heavy atom. The Kier molecular flexibility index (Phi) is 6.39. The molecular formula is C23H23ClN2O3S2. The van der Waals surface area contributed by atoms with E-state index in [0.717, 1.165) is 16.5 Å². The third-order valence-corrected chi connectivity index (χ3v) is 8.12. The monoisotopic (exact) mass is 474 g/mol. The van der Waals surface area contributed by atoms with Crippen LogP contribution in [0.1, 0.15) is 22.9 Å². The summed E-state index contributed by atoms with van der Waals surface area (Å²) in [6.07, 6.45) is 1.63. The zero-order chi connectivity index (χ0) is 22.0. The van der Waals surface area contributed by atoms with Gasteiger partial charge in [-0.05, 0) is 72.8 Å². The molecule has 31 heavy (non-hydrogen) atoms. The van der Waals surface area contributed by atoms with Crippen molar-refractivity contribution in [2.45, 2.75) is 31.8 Å². The molecule has 0 spiro atoms. The van der Waals surface area contributed by atoms with E-state index >= 15 is 0 Å². The fourth-order valence-corrected chi connectivity index (χ4v) is 5.97. The lowest BCUT2D eigenvalue weighted by Gasteiger charge is -2.26. The number of thiophene rings is 1. The van der Waals surface area contributed by atoms with Crippen molar-refractivity contribution >= 4 is 49.6 Å². The number of nitrogens with one attached hydrogen (secondary N) is 1. The summed E-state index contributed by atoms with van der Waals surface area (Å²) < 4.78 is 34.1. The first-order valence-electron chi connectivity index (χ1n) is 9.92. The molecule has 0 atom stereocenters. The second-order valence-electron chi connectivity index (χ2n) is 7.20. The van der Waals surface area contributed by atoms with E-state index in [1.807, 2.05) is 31.4 Å². The van der Waals surface area contributed by atoms with Gasteiger partial charge in [0.05, 0.1) is 16.8 Å². The number of nitrogens with zero attached hydrogens (tertiary/aromatic N) is 1. The van der Waals surface area contributed by atoms with Crippen LogP contribution < -0.4 is 9.62 Å². The van der Waals surface area contributed by atoms with E-state index in [1.54, 1.807) is 47.9 Å². The largest absolute Gasteiger partial charge is 0.464 e. The molecule has 5 nitrogen and oxygen atoms in total. The molecule has 162 valence electrons.